The summed E-state index contributed by atoms with van der Waals surface area (Å²) < 4.78 is 5.49. The van der Waals surface area contributed by atoms with Crippen molar-refractivity contribution in [1.29, 1.82) is 5.26 Å². The first-order chi connectivity index (χ1) is 7.61. The molecule has 4 nitrogen and oxygen atoms in total. The Morgan fingerprint density at radius 3 is 2.81 bits per heavy atom. The Balaban J connectivity index is 2.48. The van der Waals surface area contributed by atoms with Crippen molar-refractivity contribution in [3.63, 3.8) is 0 Å². The Hall–Kier alpha value is -1.60. The molecule has 1 heterocycles. The van der Waals surface area contributed by atoms with Gasteiger partial charge in [-0.25, -0.2) is 4.98 Å². The number of aromatic nitrogens is 1. The average molecular weight is 219 g/mol. The maximum absolute atomic E-state index is 8.79. The molecule has 0 aliphatic carbocycles. The monoisotopic (exact) mass is 219 g/mol. The van der Waals surface area contributed by atoms with Gasteiger partial charge >= 0.3 is 0 Å². The van der Waals surface area contributed by atoms with E-state index < -0.39 is 0 Å². The lowest BCUT2D eigenvalue weighted by Crippen LogP contribution is -2.15. The third-order valence-electron chi connectivity index (χ3n) is 2.06. The van der Waals surface area contributed by atoms with Crippen LogP contribution < -0.4 is 4.74 Å². The molecule has 0 amide bonds. The van der Waals surface area contributed by atoms with Gasteiger partial charge in [0.2, 0.25) is 5.88 Å². The molecule has 0 saturated heterocycles. The van der Waals surface area contributed by atoms with Crippen LogP contribution >= 0.6 is 0 Å². The van der Waals surface area contributed by atoms with E-state index in [1.807, 2.05) is 21.0 Å². The van der Waals surface area contributed by atoms with Crippen molar-refractivity contribution < 1.29 is 4.74 Å². The molecule has 1 aromatic heterocycles. The molecule has 86 valence electrons. The minimum absolute atomic E-state index is 0.537. The van der Waals surface area contributed by atoms with E-state index in [-0.39, 0.29) is 0 Å². The van der Waals surface area contributed by atoms with Gasteiger partial charge in [0.1, 0.15) is 0 Å². The number of nitriles is 1. The number of aryl methyl sites for hydroxylation is 1. The number of nitrogens with zero attached hydrogens (tertiary/aromatic N) is 3. The summed E-state index contributed by atoms with van der Waals surface area (Å²) in [5.41, 5.74) is 1.40. The van der Waals surface area contributed by atoms with Gasteiger partial charge in [0.15, 0.2) is 0 Å². The smallest absolute Gasteiger partial charge is 0.214 e. The van der Waals surface area contributed by atoms with E-state index in [9.17, 15) is 0 Å². The van der Waals surface area contributed by atoms with E-state index in [1.165, 1.54) is 0 Å². The van der Waals surface area contributed by atoms with Crippen molar-refractivity contribution in [2.24, 2.45) is 0 Å². The largest absolute Gasteiger partial charge is 0.478 e. The van der Waals surface area contributed by atoms with Crippen LogP contribution in [0.2, 0.25) is 0 Å². The molecule has 1 aromatic rings. The van der Waals surface area contributed by atoms with E-state index in [2.05, 4.69) is 16.0 Å². The summed E-state index contributed by atoms with van der Waals surface area (Å²) in [5, 5.41) is 8.79. The highest BCUT2D eigenvalue weighted by atomic mass is 16.5. The zero-order valence-electron chi connectivity index (χ0n) is 10.0. The lowest BCUT2D eigenvalue weighted by molar-refractivity contribution is 0.273. The van der Waals surface area contributed by atoms with Gasteiger partial charge in [-0.05, 0) is 33.5 Å². The first-order valence-corrected chi connectivity index (χ1v) is 5.28. The van der Waals surface area contributed by atoms with Crippen molar-refractivity contribution in [2.75, 3.05) is 27.2 Å². The number of hydrogen-bond acceptors (Lipinski definition) is 4. The summed E-state index contributed by atoms with van der Waals surface area (Å²) in [5.74, 6) is 0.537. The van der Waals surface area contributed by atoms with Crippen molar-refractivity contribution in [2.45, 2.75) is 13.3 Å². The highest BCUT2D eigenvalue weighted by molar-refractivity contribution is 5.33. The molecule has 0 aliphatic heterocycles. The van der Waals surface area contributed by atoms with Crippen molar-refractivity contribution in [3.05, 3.63) is 23.4 Å². The van der Waals surface area contributed by atoms with Crippen LogP contribution in [0.3, 0.4) is 0 Å². The zero-order chi connectivity index (χ0) is 12.0. The number of ether oxygens (including phenoxy) is 1. The maximum Gasteiger partial charge on any atom is 0.214 e. The highest BCUT2D eigenvalue weighted by Crippen LogP contribution is 2.11. The fourth-order valence-electron chi connectivity index (χ4n) is 1.33. The Kier molecular flexibility index (Phi) is 4.74. The molecule has 0 aromatic carbocycles. The molecule has 0 fully saturated rings. The molecule has 0 aliphatic rings. The lowest BCUT2D eigenvalue weighted by Gasteiger charge is -2.10. The Labute approximate surface area is 96.5 Å². The van der Waals surface area contributed by atoms with Crippen molar-refractivity contribution in [1.82, 2.24) is 9.88 Å². The SMILES string of the molecule is Cc1cc(C#N)cc(OCCCN(C)C)n1. The predicted octanol–water partition coefficient (Wildman–Crippen LogP) is 1.59. The summed E-state index contributed by atoms with van der Waals surface area (Å²) in [4.78, 5) is 6.32. The van der Waals surface area contributed by atoms with Gasteiger partial charge in [0, 0.05) is 18.3 Å². The molecule has 0 atom stereocenters. The van der Waals surface area contributed by atoms with Crippen LogP contribution in [-0.2, 0) is 0 Å². The van der Waals surface area contributed by atoms with E-state index in [0.717, 1.165) is 18.7 Å². The second-order valence-corrected chi connectivity index (χ2v) is 3.95. The molecular weight excluding hydrogens is 202 g/mol. The Morgan fingerprint density at radius 2 is 2.19 bits per heavy atom. The maximum atomic E-state index is 8.79. The van der Waals surface area contributed by atoms with Crippen LogP contribution in [0.25, 0.3) is 0 Å². The van der Waals surface area contributed by atoms with E-state index >= 15 is 0 Å². The first kappa shape index (κ1) is 12.5. The fraction of sp³-hybridized carbons (Fsp3) is 0.500. The lowest BCUT2D eigenvalue weighted by atomic mass is 10.2. The van der Waals surface area contributed by atoms with Crippen LogP contribution in [0.15, 0.2) is 12.1 Å². The van der Waals surface area contributed by atoms with Gasteiger partial charge in [-0.1, -0.05) is 0 Å². The van der Waals surface area contributed by atoms with Crippen LogP contribution in [0.5, 0.6) is 5.88 Å². The Morgan fingerprint density at radius 1 is 1.44 bits per heavy atom. The van der Waals surface area contributed by atoms with Gasteiger partial charge < -0.3 is 9.64 Å². The molecule has 16 heavy (non-hydrogen) atoms. The molecule has 0 bridgehead atoms. The number of pyridine rings is 1. The van der Waals surface area contributed by atoms with Crippen molar-refractivity contribution >= 4 is 0 Å². The molecule has 1 rings (SSSR count). The minimum Gasteiger partial charge on any atom is -0.478 e. The van der Waals surface area contributed by atoms with E-state index in [0.29, 0.717) is 18.1 Å². The van der Waals surface area contributed by atoms with Crippen LogP contribution in [-0.4, -0.2) is 37.1 Å². The predicted molar refractivity (Wildman–Crippen MR) is 62.4 cm³/mol. The highest BCUT2D eigenvalue weighted by Gasteiger charge is 2.00. The van der Waals surface area contributed by atoms with Crippen molar-refractivity contribution in [3.8, 4) is 11.9 Å². The second kappa shape index (κ2) is 6.09. The second-order valence-electron chi connectivity index (χ2n) is 3.95. The molecular formula is C12H17N3O. The minimum atomic E-state index is 0.537. The summed E-state index contributed by atoms with van der Waals surface area (Å²) >= 11 is 0. The normalized spacial score (nSPS) is 10.2. The van der Waals surface area contributed by atoms with Gasteiger partial charge in [0.05, 0.1) is 18.2 Å². The zero-order valence-corrected chi connectivity index (χ0v) is 10.0. The number of rotatable bonds is 5. The summed E-state index contributed by atoms with van der Waals surface area (Å²) in [6, 6.07) is 5.50. The third kappa shape index (κ3) is 4.28. The summed E-state index contributed by atoms with van der Waals surface area (Å²) in [7, 11) is 4.05. The fourth-order valence-corrected chi connectivity index (χ4v) is 1.33. The van der Waals surface area contributed by atoms with Crippen LogP contribution in [0.4, 0.5) is 0 Å². The Bertz CT molecular complexity index is 382. The first-order valence-electron chi connectivity index (χ1n) is 5.28. The molecule has 0 unspecified atom stereocenters. The topological polar surface area (TPSA) is 49.1 Å². The molecule has 0 radical (unpaired) electrons. The quantitative estimate of drug-likeness (QED) is 0.706. The van der Waals surface area contributed by atoms with E-state index in [1.54, 1.807) is 12.1 Å². The standard InChI is InChI=1S/C12H17N3O/c1-10-7-11(9-13)8-12(14-10)16-6-4-5-15(2)3/h7-8H,4-6H2,1-3H3. The van der Waals surface area contributed by atoms with E-state index in [4.69, 9.17) is 10.00 Å². The summed E-state index contributed by atoms with van der Waals surface area (Å²) in [6.07, 6.45) is 0.949. The van der Waals surface area contributed by atoms with Gasteiger partial charge in [0.25, 0.3) is 0 Å². The molecule has 0 saturated carbocycles. The third-order valence-corrected chi connectivity index (χ3v) is 2.06. The molecule has 0 spiro atoms. The summed E-state index contributed by atoms with van der Waals surface area (Å²) in [6.45, 7) is 3.46. The van der Waals surface area contributed by atoms with Crippen LogP contribution in [0.1, 0.15) is 17.7 Å². The van der Waals surface area contributed by atoms with Gasteiger partial charge in [-0.2, -0.15) is 5.26 Å². The van der Waals surface area contributed by atoms with Gasteiger partial charge in [-0.3, -0.25) is 0 Å². The molecule has 0 N–H and O–H groups in total. The van der Waals surface area contributed by atoms with Gasteiger partial charge in [-0.15, -0.1) is 0 Å². The number of hydrogen-bond donors (Lipinski definition) is 0. The average Bonchev–Trinajstić information content (AvgIpc) is 2.23. The molecule has 4 heteroatoms. The van der Waals surface area contributed by atoms with Crippen LogP contribution in [0, 0.1) is 18.3 Å².